The summed E-state index contributed by atoms with van der Waals surface area (Å²) in [5.74, 6) is -0.831. The summed E-state index contributed by atoms with van der Waals surface area (Å²) in [4.78, 5) is 39.5. The first-order chi connectivity index (χ1) is 17.8. The zero-order valence-electron chi connectivity index (χ0n) is 19.9. The SMILES string of the molecule is CC(=O)O[C@@H]1[C@H](n2c(=O)cc[nH]c2=O)O[C@@](COCc2ccccc2)(C(F)F)[C@H]1OCc1ccccc1. The quantitative estimate of drug-likeness (QED) is 0.413. The van der Waals surface area contributed by atoms with Gasteiger partial charge < -0.3 is 23.9 Å². The maximum Gasteiger partial charge on any atom is 0.330 e. The molecule has 9 nitrogen and oxygen atoms in total. The minimum absolute atomic E-state index is 0.0150. The van der Waals surface area contributed by atoms with Crippen molar-refractivity contribution in [3.63, 3.8) is 0 Å². The van der Waals surface area contributed by atoms with Crippen LogP contribution in [-0.2, 0) is 37.0 Å². The third kappa shape index (κ3) is 5.85. The van der Waals surface area contributed by atoms with E-state index in [1.807, 2.05) is 0 Å². The lowest BCUT2D eigenvalue weighted by Crippen LogP contribution is -2.54. The van der Waals surface area contributed by atoms with Gasteiger partial charge in [0.25, 0.3) is 12.0 Å². The van der Waals surface area contributed by atoms with E-state index in [1.165, 1.54) is 0 Å². The molecule has 1 saturated heterocycles. The van der Waals surface area contributed by atoms with Crippen molar-refractivity contribution in [3.05, 3.63) is 105 Å². The number of ether oxygens (including phenoxy) is 4. The fourth-order valence-corrected chi connectivity index (χ4v) is 4.23. The molecule has 1 aliphatic rings. The summed E-state index contributed by atoms with van der Waals surface area (Å²) >= 11 is 0. The maximum absolute atomic E-state index is 14.9. The van der Waals surface area contributed by atoms with Crippen molar-refractivity contribution in [2.24, 2.45) is 0 Å². The summed E-state index contributed by atoms with van der Waals surface area (Å²) in [6.45, 7) is 0.260. The Balaban J connectivity index is 1.74. The summed E-state index contributed by atoms with van der Waals surface area (Å²) in [7, 11) is 0. The first-order valence-corrected chi connectivity index (χ1v) is 11.5. The standard InChI is InChI=1S/C26H26F2N2O7/c1-17(31)36-21-22(35-15-19-10-6-3-7-11-19)26(24(27)28,16-34-14-18-8-4-2-5-9-18)37-23(21)30-20(32)12-13-29-25(30)33/h2-13,21-24H,14-16H2,1H3,(H,29,33)/t21-,22-,23+,26+/m0/s1. The molecule has 1 fully saturated rings. The van der Waals surface area contributed by atoms with Crippen LogP contribution in [0, 0.1) is 0 Å². The lowest BCUT2D eigenvalue weighted by atomic mass is 9.95. The van der Waals surface area contributed by atoms with E-state index >= 15 is 0 Å². The highest BCUT2D eigenvalue weighted by Gasteiger charge is 2.64. The molecule has 1 N–H and O–H groups in total. The first-order valence-electron chi connectivity index (χ1n) is 11.5. The molecule has 1 aliphatic heterocycles. The number of rotatable bonds is 10. The molecular weight excluding hydrogens is 490 g/mol. The van der Waals surface area contributed by atoms with E-state index in [0.29, 0.717) is 10.1 Å². The van der Waals surface area contributed by atoms with E-state index in [2.05, 4.69) is 4.98 Å². The predicted molar refractivity (Wildman–Crippen MR) is 127 cm³/mol. The van der Waals surface area contributed by atoms with Crippen molar-refractivity contribution in [3.8, 4) is 0 Å². The largest absolute Gasteiger partial charge is 0.455 e. The van der Waals surface area contributed by atoms with Gasteiger partial charge in [-0.2, -0.15) is 0 Å². The number of carbonyl (C=O) groups is 1. The van der Waals surface area contributed by atoms with Crippen LogP contribution in [-0.4, -0.2) is 46.4 Å². The molecule has 0 unspecified atom stereocenters. The Morgan fingerprint density at radius 3 is 2.22 bits per heavy atom. The second-order valence-corrected chi connectivity index (χ2v) is 8.52. The van der Waals surface area contributed by atoms with Crippen LogP contribution in [0.25, 0.3) is 0 Å². The minimum Gasteiger partial charge on any atom is -0.455 e. The van der Waals surface area contributed by atoms with Gasteiger partial charge in [-0.3, -0.25) is 9.59 Å². The second kappa shape index (κ2) is 11.6. The molecule has 2 heterocycles. The normalized spacial score (nSPS) is 23.3. The van der Waals surface area contributed by atoms with Crippen molar-refractivity contribution in [1.82, 2.24) is 9.55 Å². The number of aromatic amines is 1. The fourth-order valence-electron chi connectivity index (χ4n) is 4.23. The summed E-state index contributed by atoms with van der Waals surface area (Å²) in [6, 6.07) is 18.7. The monoisotopic (exact) mass is 516 g/mol. The van der Waals surface area contributed by atoms with Gasteiger partial charge in [-0.25, -0.2) is 18.1 Å². The van der Waals surface area contributed by atoms with Gasteiger partial charge >= 0.3 is 11.7 Å². The molecule has 37 heavy (non-hydrogen) atoms. The average Bonchev–Trinajstić information content (AvgIpc) is 3.17. The number of carbonyl (C=O) groups excluding carboxylic acids is 1. The molecule has 196 valence electrons. The number of alkyl halides is 2. The maximum atomic E-state index is 14.9. The number of H-pyrrole nitrogens is 1. The van der Waals surface area contributed by atoms with Crippen LogP contribution in [0.4, 0.5) is 8.78 Å². The zero-order chi connectivity index (χ0) is 26.4. The molecule has 0 bridgehead atoms. The highest BCUT2D eigenvalue weighted by molar-refractivity contribution is 5.66. The summed E-state index contributed by atoms with van der Waals surface area (Å²) in [5.41, 5.74) is -2.84. The van der Waals surface area contributed by atoms with E-state index in [9.17, 15) is 23.2 Å². The highest BCUT2D eigenvalue weighted by atomic mass is 19.3. The molecule has 3 aromatic rings. The number of benzene rings is 2. The van der Waals surface area contributed by atoms with Gasteiger partial charge in [0.15, 0.2) is 17.9 Å². The number of esters is 1. The third-order valence-corrected chi connectivity index (χ3v) is 5.93. The second-order valence-electron chi connectivity index (χ2n) is 8.52. The number of hydrogen-bond donors (Lipinski definition) is 1. The van der Waals surface area contributed by atoms with Crippen molar-refractivity contribution in [1.29, 1.82) is 0 Å². The number of halogens is 2. The van der Waals surface area contributed by atoms with Gasteiger partial charge in [0, 0.05) is 19.2 Å². The van der Waals surface area contributed by atoms with E-state index < -0.39 is 54.3 Å². The smallest absolute Gasteiger partial charge is 0.330 e. The molecule has 0 amide bonds. The Labute approximate surface area is 210 Å². The van der Waals surface area contributed by atoms with Crippen LogP contribution >= 0.6 is 0 Å². The van der Waals surface area contributed by atoms with Crippen molar-refractivity contribution < 1.29 is 32.5 Å². The van der Waals surface area contributed by atoms with Crippen LogP contribution < -0.4 is 11.2 Å². The third-order valence-electron chi connectivity index (χ3n) is 5.93. The van der Waals surface area contributed by atoms with Gasteiger partial charge in [-0.1, -0.05) is 60.7 Å². The van der Waals surface area contributed by atoms with Gasteiger partial charge in [-0.05, 0) is 11.1 Å². The van der Waals surface area contributed by atoms with Crippen molar-refractivity contribution >= 4 is 5.97 Å². The van der Waals surface area contributed by atoms with E-state index in [4.69, 9.17) is 18.9 Å². The molecule has 11 heteroatoms. The van der Waals surface area contributed by atoms with Crippen molar-refractivity contribution in [2.75, 3.05) is 6.61 Å². The van der Waals surface area contributed by atoms with Gasteiger partial charge in [0.2, 0.25) is 0 Å². The van der Waals surface area contributed by atoms with Crippen LogP contribution in [0.2, 0.25) is 0 Å². The Kier molecular flexibility index (Phi) is 8.27. The topological polar surface area (TPSA) is 109 Å². The van der Waals surface area contributed by atoms with Crippen LogP contribution in [0.15, 0.2) is 82.5 Å². The molecule has 1 aromatic heterocycles. The van der Waals surface area contributed by atoms with Crippen LogP contribution in [0.3, 0.4) is 0 Å². The minimum atomic E-state index is -3.20. The van der Waals surface area contributed by atoms with Crippen LogP contribution in [0.5, 0.6) is 0 Å². The molecule has 0 saturated carbocycles. The molecule has 2 aromatic carbocycles. The Hall–Kier alpha value is -3.67. The predicted octanol–water partition coefficient (Wildman–Crippen LogP) is 2.80. The van der Waals surface area contributed by atoms with Crippen LogP contribution in [0.1, 0.15) is 24.3 Å². The first kappa shape index (κ1) is 26.4. The number of nitrogens with zero attached hydrogens (tertiary/aromatic N) is 1. The molecule has 0 radical (unpaired) electrons. The molecule has 0 aliphatic carbocycles. The Morgan fingerprint density at radius 2 is 1.65 bits per heavy atom. The van der Waals surface area contributed by atoms with Gasteiger partial charge in [-0.15, -0.1) is 0 Å². The lowest BCUT2D eigenvalue weighted by molar-refractivity contribution is -0.216. The summed E-state index contributed by atoms with van der Waals surface area (Å²) in [5, 5.41) is 0. The fraction of sp³-hybridized carbons (Fsp3) is 0.346. The summed E-state index contributed by atoms with van der Waals surface area (Å²) in [6.07, 6.45) is -6.94. The highest BCUT2D eigenvalue weighted by Crippen LogP contribution is 2.44. The zero-order valence-corrected chi connectivity index (χ0v) is 19.9. The number of nitrogens with one attached hydrogen (secondary N) is 1. The lowest BCUT2D eigenvalue weighted by Gasteiger charge is -2.33. The van der Waals surface area contributed by atoms with E-state index in [0.717, 1.165) is 24.8 Å². The van der Waals surface area contributed by atoms with Gasteiger partial charge in [0.1, 0.15) is 6.10 Å². The molecule has 4 atom stereocenters. The van der Waals surface area contributed by atoms with Gasteiger partial charge in [0.05, 0.1) is 19.8 Å². The number of hydrogen-bond acceptors (Lipinski definition) is 7. The summed E-state index contributed by atoms with van der Waals surface area (Å²) < 4.78 is 53.1. The van der Waals surface area contributed by atoms with E-state index in [1.54, 1.807) is 60.7 Å². The van der Waals surface area contributed by atoms with Crippen molar-refractivity contribution in [2.45, 2.75) is 50.6 Å². The molecule has 4 rings (SSSR count). The van der Waals surface area contributed by atoms with E-state index in [-0.39, 0.29) is 13.2 Å². The molecular formula is C26H26F2N2O7. The molecule has 0 spiro atoms. The average molecular weight is 516 g/mol. The Bertz CT molecular complexity index is 1270. The Morgan fingerprint density at radius 1 is 1.03 bits per heavy atom. The number of aromatic nitrogens is 2.